The van der Waals surface area contributed by atoms with Gasteiger partial charge in [0.2, 0.25) is 5.91 Å². The first-order chi connectivity index (χ1) is 10.7. The monoisotopic (exact) mass is 337 g/mol. The Labute approximate surface area is 140 Å². The average Bonchev–Trinajstić information content (AvgIpc) is 2.55. The lowest BCUT2D eigenvalue weighted by Crippen LogP contribution is -2.52. The van der Waals surface area contributed by atoms with Gasteiger partial charge in [0.05, 0.1) is 11.9 Å². The van der Waals surface area contributed by atoms with E-state index in [9.17, 15) is 9.59 Å². The van der Waals surface area contributed by atoms with E-state index >= 15 is 0 Å². The van der Waals surface area contributed by atoms with E-state index in [2.05, 4.69) is 15.6 Å². The van der Waals surface area contributed by atoms with Crippen LogP contribution in [0.4, 0.5) is 0 Å². The number of hydrogen-bond acceptors (Lipinski definition) is 5. The number of fused-ring (bicyclic) bond motifs is 1. The molecular weight excluding hydrogens is 318 g/mol. The van der Waals surface area contributed by atoms with Crippen LogP contribution in [0.15, 0.2) is 29.1 Å². The molecule has 1 aliphatic rings. The number of rotatable bonds is 3. The van der Waals surface area contributed by atoms with Gasteiger partial charge in [0, 0.05) is 32.1 Å². The third-order valence-electron chi connectivity index (χ3n) is 3.99. The highest BCUT2D eigenvalue weighted by Gasteiger charge is 2.22. The number of piperazine rings is 1. The van der Waals surface area contributed by atoms with Crippen LogP contribution in [-0.2, 0) is 11.3 Å². The lowest BCUT2D eigenvalue weighted by atomic mass is 10.2. The summed E-state index contributed by atoms with van der Waals surface area (Å²) in [6, 6.07) is 7.27. The first kappa shape index (κ1) is 17.4. The standard InChI is InChI=1S/C15H19N5O2.ClH/c1-11-10-16-7-9-19(11)14(21)6-8-20-15(22)12-4-2-3-5-13(12)17-18-20;/h2-5,11,16H,6-10H2,1H3;1H/t11-;/m1./s1. The van der Waals surface area contributed by atoms with Gasteiger partial charge in [0.25, 0.3) is 5.56 Å². The Balaban J connectivity index is 0.00000192. The average molecular weight is 338 g/mol. The van der Waals surface area contributed by atoms with Crippen molar-refractivity contribution in [3.63, 3.8) is 0 Å². The van der Waals surface area contributed by atoms with E-state index in [4.69, 9.17) is 0 Å². The molecule has 7 nitrogen and oxygen atoms in total. The molecular formula is C15H20ClN5O2. The second-order valence-electron chi connectivity index (χ2n) is 5.53. The van der Waals surface area contributed by atoms with Crippen molar-refractivity contribution in [2.24, 2.45) is 0 Å². The van der Waals surface area contributed by atoms with Crippen molar-refractivity contribution in [3.05, 3.63) is 34.6 Å². The van der Waals surface area contributed by atoms with Gasteiger partial charge in [0.15, 0.2) is 0 Å². The SMILES string of the molecule is C[C@@H]1CNCCN1C(=O)CCn1nnc2ccccc2c1=O.Cl. The first-order valence-corrected chi connectivity index (χ1v) is 7.49. The molecule has 0 unspecified atom stereocenters. The maximum atomic E-state index is 12.3. The molecule has 0 radical (unpaired) electrons. The lowest BCUT2D eigenvalue weighted by molar-refractivity contribution is -0.134. The Bertz CT molecular complexity index is 748. The number of halogens is 1. The number of amides is 1. The zero-order valence-electron chi connectivity index (χ0n) is 12.9. The Morgan fingerprint density at radius 3 is 2.96 bits per heavy atom. The van der Waals surface area contributed by atoms with E-state index in [0.29, 0.717) is 17.4 Å². The quantitative estimate of drug-likeness (QED) is 0.878. The lowest BCUT2D eigenvalue weighted by Gasteiger charge is -2.34. The van der Waals surface area contributed by atoms with Gasteiger partial charge in [-0.15, -0.1) is 17.5 Å². The molecule has 1 atom stereocenters. The van der Waals surface area contributed by atoms with Crippen molar-refractivity contribution in [1.82, 2.24) is 25.2 Å². The number of benzene rings is 1. The summed E-state index contributed by atoms with van der Waals surface area (Å²) in [6.45, 7) is 4.60. The van der Waals surface area contributed by atoms with Crippen LogP contribution in [0.5, 0.6) is 0 Å². The van der Waals surface area contributed by atoms with Gasteiger partial charge in [-0.3, -0.25) is 9.59 Å². The summed E-state index contributed by atoms with van der Waals surface area (Å²) < 4.78 is 1.27. The van der Waals surface area contributed by atoms with Crippen molar-refractivity contribution in [2.75, 3.05) is 19.6 Å². The normalized spacial score (nSPS) is 17.8. The van der Waals surface area contributed by atoms with Crippen LogP contribution in [0.1, 0.15) is 13.3 Å². The molecule has 1 fully saturated rings. The number of carbonyl (C=O) groups is 1. The van der Waals surface area contributed by atoms with Gasteiger partial charge in [-0.05, 0) is 19.1 Å². The molecule has 1 aromatic heterocycles. The van der Waals surface area contributed by atoms with E-state index in [1.54, 1.807) is 18.2 Å². The zero-order valence-corrected chi connectivity index (χ0v) is 13.8. The number of aromatic nitrogens is 3. The molecule has 1 saturated heterocycles. The number of nitrogens with one attached hydrogen (secondary N) is 1. The fourth-order valence-electron chi connectivity index (χ4n) is 2.73. The van der Waals surface area contributed by atoms with Crippen molar-refractivity contribution >= 4 is 29.2 Å². The molecule has 23 heavy (non-hydrogen) atoms. The molecule has 2 aromatic rings. The van der Waals surface area contributed by atoms with Gasteiger partial charge < -0.3 is 10.2 Å². The third-order valence-corrected chi connectivity index (χ3v) is 3.99. The molecule has 0 aliphatic carbocycles. The van der Waals surface area contributed by atoms with Crippen molar-refractivity contribution < 1.29 is 4.79 Å². The summed E-state index contributed by atoms with van der Waals surface area (Å²) in [5.41, 5.74) is 0.373. The van der Waals surface area contributed by atoms with E-state index in [1.165, 1.54) is 4.68 Å². The van der Waals surface area contributed by atoms with Crippen LogP contribution in [0.25, 0.3) is 10.9 Å². The van der Waals surface area contributed by atoms with Gasteiger partial charge in [-0.25, -0.2) is 4.68 Å². The Hall–Kier alpha value is -1.99. The van der Waals surface area contributed by atoms with Gasteiger partial charge in [-0.2, -0.15) is 0 Å². The maximum absolute atomic E-state index is 12.3. The highest BCUT2D eigenvalue weighted by molar-refractivity contribution is 5.85. The van der Waals surface area contributed by atoms with Crippen molar-refractivity contribution in [2.45, 2.75) is 25.9 Å². The molecule has 124 valence electrons. The van der Waals surface area contributed by atoms with Gasteiger partial charge in [0.1, 0.15) is 5.52 Å². The molecule has 0 saturated carbocycles. The van der Waals surface area contributed by atoms with E-state index in [-0.39, 0.29) is 42.9 Å². The first-order valence-electron chi connectivity index (χ1n) is 7.49. The van der Waals surface area contributed by atoms with E-state index in [1.807, 2.05) is 17.9 Å². The minimum atomic E-state index is -0.202. The number of nitrogens with zero attached hydrogens (tertiary/aromatic N) is 4. The van der Waals surface area contributed by atoms with Crippen LogP contribution in [0.3, 0.4) is 0 Å². The highest BCUT2D eigenvalue weighted by Crippen LogP contribution is 2.06. The van der Waals surface area contributed by atoms with Crippen molar-refractivity contribution in [3.8, 4) is 0 Å². The molecule has 1 aromatic carbocycles. The van der Waals surface area contributed by atoms with Crippen LogP contribution >= 0.6 is 12.4 Å². The second-order valence-corrected chi connectivity index (χ2v) is 5.53. The predicted molar refractivity (Wildman–Crippen MR) is 89.7 cm³/mol. The molecule has 1 amide bonds. The van der Waals surface area contributed by atoms with Crippen LogP contribution in [0.2, 0.25) is 0 Å². The Morgan fingerprint density at radius 1 is 1.39 bits per heavy atom. The minimum absolute atomic E-state index is 0. The second kappa shape index (κ2) is 7.52. The summed E-state index contributed by atoms with van der Waals surface area (Å²) in [5.74, 6) is 0.0517. The fourth-order valence-corrected chi connectivity index (χ4v) is 2.73. The highest BCUT2D eigenvalue weighted by atomic mass is 35.5. The predicted octanol–water partition coefficient (Wildman–Crippen LogP) is 0.424. The summed E-state index contributed by atoms with van der Waals surface area (Å²) in [6.07, 6.45) is 0.261. The summed E-state index contributed by atoms with van der Waals surface area (Å²) in [7, 11) is 0. The molecule has 1 aliphatic heterocycles. The van der Waals surface area contributed by atoms with Crippen molar-refractivity contribution in [1.29, 1.82) is 0 Å². The van der Waals surface area contributed by atoms with E-state index < -0.39 is 0 Å². The molecule has 0 spiro atoms. The van der Waals surface area contributed by atoms with Gasteiger partial charge >= 0.3 is 0 Å². The van der Waals surface area contributed by atoms with Crippen LogP contribution in [0, 0.1) is 0 Å². The maximum Gasteiger partial charge on any atom is 0.277 e. The zero-order chi connectivity index (χ0) is 15.5. The Morgan fingerprint density at radius 2 is 2.17 bits per heavy atom. The number of carbonyl (C=O) groups excluding carboxylic acids is 1. The van der Waals surface area contributed by atoms with Gasteiger partial charge in [-0.1, -0.05) is 17.3 Å². The number of aryl methyl sites for hydroxylation is 1. The number of hydrogen-bond donors (Lipinski definition) is 1. The molecule has 3 rings (SSSR count). The molecule has 2 heterocycles. The van der Waals surface area contributed by atoms with Crippen LogP contribution in [-0.4, -0.2) is 51.5 Å². The molecule has 0 bridgehead atoms. The smallest absolute Gasteiger partial charge is 0.277 e. The summed E-state index contributed by atoms with van der Waals surface area (Å²) in [4.78, 5) is 26.5. The largest absolute Gasteiger partial charge is 0.337 e. The summed E-state index contributed by atoms with van der Waals surface area (Å²) in [5, 5.41) is 11.7. The molecule has 8 heteroatoms. The van der Waals surface area contributed by atoms with E-state index in [0.717, 1.165) is 13.1 Å². The fraction of sp³-hybridized carbons (Fsp3) is 0.467. The summed E-state index contributed by atoms with van der Waals surface area (Å²) >= 11 is 0. The third kappa shape index (κ3) is 3.68. The Kier molecular flexibility index (Phi) is 5.68. The molecule has 1 N–H and O–H groups in total. The van der Waals surface area contributed by atoms with Crippen LogP contribution < -0.4 is 10.9 Å². The minimum Gasteiger partial charge on any atom is -0.337 e. The topological polar surface area (TPSA) is 80.1 Å².